The number of para-hydroxylation sites is 2. The minimum Gasteiger partial charge on any atom is -0.287 e. The zero-order valence-corrected chi connectivity index (χ0v) is 77.6. The van der Waals surface area contributed by atoms with Crippen molar-refractivity contribution >= 4 is 197 Å². The molecule has 0 saturated carbocycles. The van der Waals surface area contributed by atoms with Gasteiger partial charge in [0.1, 0.15) is 34.2 Å². The zero-order valence-electron chi connectivity index (χ0n) is 77.6. The van der Waals surface area contributed by atoms with Gasteiger partial charge >= 0.3 is 0 Å². The van der Waals surface area contributed by atoms with E-state index in [1.165, 1.54) is 32.3 Å². The predicted octanol–water partition coefficient (Wildman–Crippen LogP) is 31.2. The van der Waals surface area contributed by atoms with Gasteiger partial charge in [-0.25, -0.2) is 19.9 Å². The van der Waals surface area contributed by atoms with E-state index in [1.807, 2.05) is 400 Å². The van der Waals surface area contributed by atoms with E-state index in [9.17, 15) is 28.8 Å². The summed E-state index contributed by atoms with van der Waals surface area (Å²) in [5, 5.41) is 28.2. The summed E-state index contributed by atoms with van der Waals surface area (Å²) in [6.07, 6.45) is 3.37. The molecule has 0 radical (unpaired) electrons. The maximum Gasteiger partial charge on any atom is 0.212 e. The average molecular weight is 1850 g/mol. The fourth-order valence-corrected chi connectivity index (χ4v) is 18.6. The maximum absolute atomic E-state index is 13.2. The molecule has 12 heteroatoms. The minimum absolute atomic E-state index is 0.0337. The molecular formula is C132H84N6O6. The van der Waals surface area contributed by atoms with E-state index < -0.39 is 0 Å². The van der Waals surface area contributed by atoms with E-state index in [0.717, 1.165) is 130 Å². The van der Waals surface area contributed by atoms with E-state index >= 15 is 0 Å². The standard InChI is InChI=1S/C28H17NO.2C24H15NO.2C20H13NO.C16H11NO/c30-28(24-10-9-22-13-18-5-1-2-7-20(18)15-25(22)16-24)26-12-11-23-14-19-6-3-4-8-21(19)17-27(23)29-26;26-24(23-12-11-16-5-3-4-8-22(16)25-23)20-10-9-19-13-17-6-1-2-7-18(17)14-21(19)15-20;26-24(21-10-9-16-5-1-2-6-17(16)14-21)22-12-11-20-13-18-7-3-4-8-19(18)15-23(20)25-22;22-20(18-11-5-8-14-6-1-3-9-16(14)18)19-17-10-4-2-7-15(17)12-13-21-19;22-20(17-10-9-14-5-1-2-7-16(14)13-17)19-12-11-15-6-3-4-8-18(15)21-19;18-16(13-7-2-1-3-8-13)15-14-9-5-4-6-12(14)10-11-17-15/h1-17H;2*1-15H;2*1-13H;1-11H. The molecule has 678 valence electrons. The van der Waals surface area contributed by atoms with Crippen LogP contribution in [0.5, 0.6) is 0 Å². The lowest BCUT2D eigenvalue weighted by atomic mass is 9.97. The first-order valence-corrected chi connectivity index (χ1v) is 47.4. The smallest absolute Gasteiger partial charge is 0.212 e. The first-order valence-electron chi connectivity index (χ1n) is 47.4. The van der Waals surface area contributed by atoms with Gasteiger partial charge in [-0.2, -0.15) is 0 Å². The molecule has 6 aromatic heterocycles. The number of hydrogen-bond acceptors (Lipinski definition) is 12. The molecule has 144 heavy (non-hydrogen) atoms. The van der Waals surface area contributed by atoms with Crippen LogP contribution in [0.2, 0.25) is 0 Å². The Kier molecular flexibility index (Phi) is 25.1. The Balaban J connectivity index is 0.0000000993. The van der Waals surface area contributed by atoms with Gasteiger partial charge in [0, 0.05) is 78.1 Å². The largest absolute Gasteiger partial charge is 0.287 e. The van der Waals surface area contributed by atoms with Crippen molar-refractivity contribution in [2.75, 3.05) is 0 Å². The summed E-state index contributed by atoms with van der Waals surface area (Å²) in [5.41, 5.74) is 10.3. The fraction of sp³-hybridized carbons (Fsp3) is 0. The second-order valence-corrected chi connectivity index (χ2v) is 35.2. The van der Waals surface area contributed by atoms with Gasteiger partial charge in [-0.3, -0.25) is 38.7 Å². The molecule has 0 aliphatic rings. The third kappa shape index (κ3) is 19.1. The van der Waals surface area contributed by atoms with E-state index in [4.69, 9.17) is 0 Å². The highest BCUT2D eigenvalue weighted by atomic mass is 16.1. The molecular weight excluding hydrogens is 1770 g/mol. The van der Waals surface area contributed by atoms with Gasteiger partial charge in [0.05, 0.1) is 22.1 Å². The monoisotopic (exact) mass is 1850 g/mol. The predicted molar refractivity (Wildman–Crippen MR) is 587 cm³/mol. The molecule has 21 aromatic carbocycles. The molecule has 0 aliphatic heterocycles. The Hall–Kier alpha value is -19.6. The van der Waals surface area contributed by atoms with Gasteiger partial charge in [-0.05, 0) is 229 Å². The molecule has 0 aliphatic carbocycles. The number of carbonyl (C=O) groups excluding carboxylic acids is 6. The molecule has 0 bridgehead atoms. The SMILES string of the molecule is O=C(c1ccc2cc3ccccc3cc2c1)c1ccc2cc3ccccc3cc2n1.O=C(c1ccc2cc3ccccc3cc2c1)c1ccc2ccccc2n1.O=C(c1ccc2ccccc2c1)c1ccc2cc3ccccc3cc2n1.O=C(c1ccc2ccccc2c1)c1ccc2ccccc2n1.O=C(c1cccc2ccccc12)c1nccc2ccccc12.O=C(c1ccccc1)c1nccc2ccccc12. The summed E-state index contributed by atoms with van der Waals surface area (Å²) in [5.74, 6) is -0.269. The number of benzene rings is 21. The van der Waals surface area contributed by atoms with Crippen LogP contribution in [0.15, 0.2) is 510 Å². The molecule has 12 nitrogen and oxygen atoms in total. The molecule has 0 N–H and O–H groups in total. The van der Waals surface area contributed by atoms with Crippen LogP contribution in [0.25, 0.3) is 162 Å². The molecule has 0 unspecified atom stereocenters. The van der Waals surface area contributed by atoms with E-state index in [1.54, 1.807) is 24.5 Å². The number of aromatic nitrogens is 6. The second-order valence-electron chi connectivity index (χ2n) is 35.2. The normalized spacial score (nSPS) is 11.1. The summed E-state index contributed by atoms with van der Waals surface area (Å²) < 4.78 is 0. The van der Waals surface area contributed by atoms with Gasteiger partial charge in [-0.1, -0.05) is 376 Å². The van der Waals surface area contributed by atoms with Crippen LogP contribution in [0.1, 0.15) is 96.3 Å². The van der Waals surface area contributed by atoms with E-state index in [-0.39, 0.29) is 34.7 Å². The Morgan fingerprint density at radius 3 is 0.778 bits per heavy atom. The molecule has 0 spiro atoms. The average Bonchev–Trinajstić information content (AvgIpc) is 0.830. The van der Waals surface area contributed by atoms with Crippen molar-refractivity contribution in [3.05, 3.63) is 577 Å². The number of pyridine rings is 6. The number of ketones is 6. The van der Waals surface area contributed by atoms with Crippen molar-refractivity contribution in [3.63, 3.8) is 0 Å². The lowest BCUT2D eigenvalue weighted by Crippen LogP contribution is -2.05. The highest BCUT2D eigenvalue weighted by Gasteiger charge is 2.22. The Morgan fingerprint density at radius 2 is 0.389 bits per heavy atom. The zero-order chi connectivity index (χ0) is 97.4. The van der Waals surface area contributed by atoms with Crippen LogP contribution in [0, 0.1) is 0 Å². The summed E-state index contributed by atoms with van der Waals surface area (Å²) in [4.78, 5) is 104. The minimum atomic E-state index is -0.0554. The van der Waals surface area contributed by atoms with Crippen LogP contribution >= 0.6 is 0 Å². The highest BCUT2D eigenvalue weighted by Crippen LogP contribution is 2.33. The third-order valence-corrected chi connectivity index (χ3v) is 26.0. The quantitative estimate of drug-likeness (QED) is 0.0836. The summed E-state index contributed by atoms with van der Waals surface area (Å²) in [7, 11) is 0. The lowest BCUT2D eigenvalue weighted by Gasteiger charge is -2.07. The van der Waals surface area contributed by atoms with Gasteiger partial charge in [0.25, 0.3) is 0 Å². The van der Waals surface area contributed by atoms with Crippen LogP contribution in [-0.2, 0) is 0 Å². The number of carbonyl (C=O) groups is 6. The molecule has 0 amide bonds. The third-order valence-electron chi connectivity index (χ3n) is 26.0. The Bertz CT molecular complexity index is 9290. The topological polar surface area (TPSA) is 180 Å². The summed E-state index contributed by atoms with van der Waals surface area (Å²) in [6, 6.07) is 162. The Labute approximate surface area is 827 Å². The molecule has 0 atom stereocenters. The van der Waals surface area contributed by atoms with Crippen molar-refractivity contribution in [1.29, 1.82) is 0 Å². The number of hydrogen-bond donors (Lipinski definition) is 0. The molecule has 0 fully saturated rings. The Morgan fingerprint density at radius 1 is 0.139 bits per heavy atom. The number of nitrogens with zero attached hydrogens (tertiary/aromatic N) is 6. The van der Waals surface area contributed by atoms with Crippen molar-refractivity contribution < 1.29 is 28.8 Å². The fourth-order valence-electron chi connectivity index (χ4n) is 18.6. The van der Waals surface area contributed by atoms with Crippen molar-refractivity contribution in [3.8, 4) is 0 Å². The lowest BCUT2D eigenvalue weighted by molar-refractivity contribution is 0.102. The van der Waals surface area contributed by atoms with E-state index in [0.29, 0.717) is 67.5 Å². The maximum atomic E-state index is 13.2. The highest BCUT2D eigenvalue weighted by molar-refractivity contribution is 6.21. The van der Waals surface area contributed by atoms with Gasteiger partial charge in [0.15, 0.2) is 0 Å². The van der Waals surface area contributed by atoms with Gasteiger partial charge in [0.2, 0.25) is 34.7 Å². The number of fused-ring (bicyclic) bond motifs is 15. The van der Waals surface area contributed by atoms with Crippen LogP contribution in [0.4, 0.5) is 0 Å². The van der Waals surface area contributed by atoms with Crippen molar-refractivity contribution in [2.45, 2.75) is 0 Å². The molecule has 6 heterocycles. The first-order chi connectivity index (χ1) is 70.8. The van der Waals surface area contributed by atoms with Crippen LogP contribution in [-0.4, -0.2) is 64.6 Å². The van der Waals surface area contributed by atoms with Crippen molar-refractivity contribution in [2.24, 2.45) is 0 Å². The van der Waals surface area contributed by atoms with Gasteiger partial charge in [-0.15, -0.1) is 0 Å². The first kappa shape index (κ1) is 89.6. The summed E-state index contributed by atoms with van der Waals surface area (Å²) in [6.45, 7) is 0. The molecule has 0 saturated heterocycles. The second kappa shape index (κ2) is 40.2. The number of rotatable bonds is 12. The van der Waals surface area contributed by atoms with Gasteiger partial charge < -0.3 is 0 Å². The molecule has 27 aromatic rings. The summed E-state index contributed by atoms with van der Waals surface area (Å²) >= 11 is 0. The van der Waals surface area contributed by atoms with Crippen molar-refractivity contribution in [1.82, 2.24) is 29.9 Å². The van der Waals surface area contributed by atoms with Crippen LogP contribution in [0.3, 0.4) is 0 Å². The van der Waals surface area contributed by atoms with E-state index in [2.05, 4.69) is 115 Å². The molecule has 27 rings (SSSR count). The van der Waals surface area contributed by atoms with Crippen LogP contribution < -0.4 is 0 Å².